The lowest BCUT2D eigenvalue weighted by molar-refractivity contribution is -0.119. The van der Waals surface area contributed by atoms with Gasteiger partial charge in [-0.15, -0.1) is 0 Å². The summed E-state index contributed by atoms with van der Waals surface area (Å²) in [6, 6.07) is 1.82. The third kappa shape index (κ3) is 3.75. The zero-order valence-corrected chi connectivity index (χ0v) is 8.66. The Bertz CT molecular complexity index is 264. The molecule has 1 heterocycles. The molecule has 1 atom stereocenters. The zero-order chi connectivity index (χ0) is 10.4. The summed E-state index contributed by atoms with van der Waals surface area (Å²) in [5.41, 5.74) is 0.944. The number of ketones is 1. The smallest absolute Gasteiger partial charge is 0.137 e. The van der Waals surface area contributed by atoms with Crippen LogP contribution in [0.25, 0.3) is 0 Å². The highest BCUT2D eigenvalue weighted by Gasteiger charge is 2.10. The number of Topliss-reactive ketones (excluding diaryl/α,β-unsaturated/α-hetero) is 1. The van der Waals surface area contributed by atoms with E-state index in [1.807, 2.05) is 13.0 Å². The van der Waals surface area contributed by atoms with E-state index in [0.29, 0.717) is 25.4 Å². The Kier molecular flexibility index (Phi) is 4.40. The van der Waals surface area contributed by atoms with E-state index in [1.165, 1.54) is 0 Å². The molecule has 0 aliphatic heterocycles. The van der Waals surface area contributed by atoms with Crippen molar-refractivity contribution in [3.8, 4) is 0 Å². The molecular formula is C11H16O3. The average Bonchev–Trinajstić information content (AvgIpc) is 2.56. The summed E-state index contributed by atoms with van der Waals surface area (Å²) in [5.74, 6) is 0.523. The minimum Gasteiger partial charge on any atom is -0.472 e. The first-order chi connectivity index (χ1) is 6.72. The highest BCUT2D eigenvalue weighted by molar-refractivity contribution is 5.80. The summed E-state index contributed by atoms with van der Waals surface area (Å²) >= 11 is 0. The lowest BCUT2D eigenvalue weighted by Gasteiger charge is -2.07. The summed E-state index contributed by atoms with van der Waals surface area (Å²) in [4.78, 5) is 11.5. The molecule has 3 heteroatoms. The van der Waals surface area contributed by atoms with E-state index in [1.54, 1.807) is 19.6 Å². The van der Waals surface area contributed by atoms with Gasteiger partial charge in [-0.3, -0.25) is 4.79 Å². The molecule has 0 aliphatic carbocycles. The Morgan fingerprint density at radius 1 is 1.64 bits per heavy atom. The van der Waals surface area contributed by atoms with E-state index in [4.69, 9.17) is 9.15 Å². The van der Waals surface area contributed by atoms with Gasteiger partial charge in [-0.2, -0.15) is 0 Å². The fourth-order valence-electron chi connectivity index (χ4n) is 1.43. The van der Waals surface area contributed by atoms with Gasteiger partial charge in [0.25, 0.3) is 0 Å². The molecule has 0 fully saturated rings. The van der Waals surface area contributed by atoms with E-state index in [2.05, 4.69) is 0 Å². The third-order valence-electron chi connectivity index (χ3n) is 2.01. The molecule has 0 saturated heterocycles. The van der Waals surface area contributed by atoms with Crippen LogP contribution >= 0.6 is 0 Å². The molecule has 1 aromatic heterocycles. The topological polar surface area (TPSA) is 39.4 Å². The normalized spacial score (nSPS) is 12.7. The van der Waals surface area contributed by atoms with Gasteiger partial charge in [-0.25, -0.2) is 0 Å². The van der Waals surface area contributed by atoms with Gasteiger partial charge in [0.2, 0.25) is 0 Å². The average molecular weight is 196 g/mol. The summed E-state index contributed by atoms with van der Waals surface area (Å²) < 4.78 is 9.86. The molecule has 3 nitrogen and oxygen atoms in total. The van der Waals surface area contributed by atoms with Crippen molar-refractivity contribution < 1.29 is 13.9 Å². The lowest BCUT2D eigenvalue weighted by atomic mass is 10.0. The molecule has 0 aromatic carbocycles. The van der Waals surface area contributed by atoms with Crippen LogP contribution in [0.5, 0.6) is 0 Å². The van der Waals surface area contributed by atoms with Crippen LogP contribution in [-0.4, -0.2) is 19.5 Å². The number of carbonyl (C=O) groups excluding carboxylic acids is 1. The van der Waals surface area contributed by atoms with Crippen molar-refractivity contribution in [2.45, 2.75) is 19.8 Å². The van der Waals surface area contributed by atoms with Crippen LogP contribution in [0.15, 0.2) is 23.0 Å². The fourth-order valence-corrected chi connectivity index (χ4v) is 1.43. The highest BCUT2D eigenvalue weighted by atomic mass is 16.5. The van der Waals surface area contributed by atoms with Crippen LogP contribution < -0.4 is 0 Å². The number of carbonyl (C=O) groups is 1. The van der Waals surface area contributed by atoms with Crippen LogP contribution in [0.3, 0.4) is 0 Å². The monoisotopic (exact) mass is 196 g/mol. The van der Waals surface area contributed by atoms with Gasteiger partial charge in [0.1, 0.15) is 5.78 Å². The zero-order valence-electron chi connectivity index (χ0n) is 8.66. The molecule has 14 heavy (non-hydrogen) atoms. The Morgan fingerprint density at radius 3 is 3.00 bits per heavy atom. The number of hydrogen-bond acceptors (Lipinski definition) is 3. The van der Waals surface area contributed by atoms with Gasteiger partial charge in [-0.05, 0) is 17.5 Å². The predicted octanol–water partition coefficient (Wildman–Crippen LogP) is 2.06. The van der Waals surface area contributed by atoms with Gasteiger partial charge >= 0.3 is 0 Å². The van der Waals surface area contributed by atoms with Crippen LogP contribution in [0.2, 0.25) is 0 Å². The number of rotatable bonds is 6. The molecule has 0 aliphatic rings. The molecule has 0 saturated carbocycles. The molecular weight excluding hydrogens is 180 g/mol. The second-order valence-corrected chi connectivity index (χ2v) is 3.61. The van der Waals surface area contributed by atoms with Crippen molar-refractivity contribution >= 4 is 5.78 Å². The minimum absolute atomic E-state index is 0.232. The SMILES string of the molecule is COCC(C)CC(=O)Cc1ccoc1. The summed E-state index contributed by atoms with van der Waals surface area (Å²) in [6.45, 7) is 2.65. The number of hydrogen-bond donors (Lipinski definition) is 0. The van der Waals surface area contributed by atoms with Gasteiger partial charge in [0.15, 0.2) is 0 Å². The van der Waals surface area contributed by atoms with Crippen molar-refractivity contribution in [1.29, 1.82) is 0 Å². The molecule has 1 unspecified atom stereocenters. The summed E-state index contributed by atoms with van der Waals surface area (Å²) in [6.07, 6.45) is 4.23. The largest absolute Gasteiger partial charge is 0.472 e. The molecule has 1 aromatic rings. The van der Waals surface area contributed by atoms with Gasteiger partial charge in [0.05, 0.1) is 12.5 Å². The standard InChI is InChI=1S/C11H16O3/c1-9(7-13-2)5-11(12)6-10-3-4-14-8-10/h3-4,8-9H,5-7H2,1-2H3. The summed E-state index contributed by atoms with van der Waals surface area (Å²) in [7, 11) is 1.65. The first-order valence-corrected chi connectivity index (χ1v) is 4.74. The Labute approximate surface area is 84.1 Å². The van der Waals surface area contributed by atoms with Gasteiger partial charge < -0.3 is 9.15 Å². The van der Waals surface area contributed by atoms with Gasteiger partial charge in [-0.1, -0.05) is 6.92 Å². The first-order valence-electron chi connectivity index (χ1n) is 4.74. The maximum absolute atomic E-state index is 11.5. The van der Waals surface area contributed by atoms with Crippen LogP contribution in [0, 0.1) is 5.92 Å². The Hall–Kier alpha value is -1.09. The number of methoxy groups -OCH3 is 1. The quantitative estimate of drug-likeness (QED) is 0.699. The molecule has 78 valence electrons. The fraction of sp³-hybridized carbons (Fsp3) is 0.545. The van der Waals surface area contributed by atoms with E-state index in [9.17, 15) is 4.79 Å². The van der Waals surface area contributed by atoms with Crippen LogP contribution in [-0.2, 0) is 16.0 Å². The molecule has 0 spiro atoms. The maximum atomic E-state index is 11.5. The van der Waals surface area contributed by atoms with Crippen molar-refractivity contribution in [2.75, 3.05) is 13.7 Å². The van der Waals surface area contributed by atoms with Gasteiger partial charge in [0, 0.05) is 26.6 Å². The van der Waals surface area contributed by atoms with Crippen molar-refractivity contribution in [3.05, 3.63) is 24.2 Å². The second-order valence-electron chi connectivity index (χ2n) is 3.61. The number of ether oxygens (including phenoxy) is 1. The molecule has 0 bridgehead atoms. The van der Waals surface area contributed by atoms with Crippen molar-refractivity contribution in [1.82, 2.24) is 0 Å². The van der Waals surface area contributed by atoms with E-state index in [0.717, 1.165) is 5.56 Å². The Morgan fingerprint density at radius 2 is 2.43 bits per heavy atom. The molecule has 0 radical (unpaired) electrons. The molecule has 0 amide bonds. The maximum Gasteiger partial charge on any atom is 0.137 e. The summed E-state index contributed by atoms with van der Waals surface area (Å²) in [5, 5.41) is 0. The van der Waals surface area contributed by atoms with Crippen molar-refractivity contribution in [2.24, 2.45) is 5.92 Å². The highest BCUT2D eigenvalue weighted by Crippen LogP contribution is 2.08. The first kappa shape index (κ1) is 11.0. The van der Waals surface area contributed by atoms with E-state index < -0.39 is 0 Å². The minimum atomic E-state index is 0.232. The molecule has 1 rings (SSSR count). The van der Waals surface area contributed by atoms with Crippen molar-refractivity contribution in [3.63, 3.8) is 0 Å². The van der Waals surface area contributed by atoms with Crippen LogP contribution in [0.4, 0.5) is 0 Å². The lowest BCUT2D eigenvalue weighted by Crippen LogP contribution is -2.12. The Balaban J connectivity index is 2.29. The van der Waals surface area contributed by atoms with Crippen LogP contribution in [0.1, 0.15) is 18.9 Å². The second kappa shape index (κ2) is 5.60. The van der Waals surface area contributed by atoms with E-state index >= 15 is 0 Å². The molecule has 0 N–H and O–H groups in total. The predicted molar refractivity (Wildman–Crippen MR) is 53.1 cm³/mol. The number of furan rings is 1. The third-order valence-corrected chi connectivity index (χ3v) is 2.01. The van der Waals surface area contributed by atoms with E-state index in [-0.39, 0.29) is 5.78 Å².